The van der Waals surface area contributed by atoms with Gasteiger partial charge in [0.25, 0.3) is 6.29 Å². The predicted molar refractivity (Wildman–Crippen MR) is 62.1 cm³/mol. The van der Waals surface area contributed by atoms with Crippen LogP contribution in [0, 0.1) is 0 Å². The molecule has 1 aromatic rings. The number of aliphatic hydroxyl groups is 1. The van der Waals surface area contributed by atoms with Crippen LogP contribution in [-0.2, 0) is 9.53 Å². The van der Waals surface area contributed by atoms with E-state index in [2.05, 4.69) is 4.74 Å². The van der Waals surface area contributed by atoms with E-state index in [1.165, 1.54) is 0 Å². The summed E-state index contributed by atoms with van der Waals surface area (Å²) in [4.78, 5) is 11.0. The number of benzene rings is 1. The summed E-state index contributed by atoms with van der Waals surface area (Å²) in [5.41, 5.74) is 0. The molecule has 0 spiro atoms. The van der Waals surface area contributed by atoms with Crippen molar-refractivity contribution in [3.8, 4) is 5.75 Å². The molecule has 1 atom stereocenters. The Kier molecular flexibility index (Phi) is 3.49. The summed E-state index contributed by atoms with van der Waals surface area (Å²) >= 11 is 17.3. The van der Waals surface area contributed by atoms with Gasteiger partial charge in [0, 0.05) is 0 Å². The number of cyclic esters (lactones) is 1. The molecule has 0 radical (unpaired) electrons. The summed E-state index contributed by atoms with van der Waals surface area (Å²) in [6, 6.07) is 4.71. The SMILES string of the molecule is O=C1O[C@@H](O)C(Oc2c(Cl)cccc2Cl)=C1Cl. The Hall–Kier alpha value is -0.940. The number of ether oxygens (including phenoxy) is 2. The molecule has 1 aliphatic rings. The fraction of sp³-hybridized carbons (Fsp3) is 0.100. The summed E-state index contributed by atoms with van der Waals surface area (Å²) in [5.74, 6) is -0.995. The third kappa shape index (κ3) is 2.35. The quantitative estimate of drug-likeness (QED) is 0.852. The van der Waals surface area contributed by atoms with Crippen LogP contribution >= 0.6 is 34.8 Å². The normalized spacial score (nSPS) is 19.5. The maximum Gasteiger partial charge on any atom is 0.356 e. The lowest BCUT2D eigenvalue weighted by Gasteiger charge is -2.11. The van der Waals surface area contributed by atoms with E-state index in [-0.39, 0.29) is 26.6 Å². The second-order valence-electron chi connectivity index (χ2n) is 3.09. The molecule has 0 saturated heterocycles. The molecule has 1 aliphatic heterocycles. The first-order valence-electron chi connectivity index (χ1n) is 4.41. The predicted octanol–water partition coefficient (Wildman–Crippen LogP) is 2.70. The Morgan fingerprint density at radius 1 is 1.24 bits per heavy atom. The summed E-state index contributed by atoms with van der Waals surface area (Å²) in [5, 5.41) is 9.48. The highest BCUT2D eigenvalue weighted by Gasteiger charge is 2.34. The van der Waals surface area contributed by atoms with Gasteiger partial charge in [-0.25, -0.2) is 4.79 Å². The average Bonchev–Trinajstić information content (AvgIpc) is 2.49. The van der Waals surface area contributed by atoms with Crippen molar-refractivity contribution in [2.75, 3.05) is 0 Å². The minimum atomic E-state index is -1.55. The molecule has 0 fully saturated rings. The van der Waals surface area contributed by atoms with Crippen LogP contribution in [0.25, 0.3) is 0 Å². The minimum absolute atomic E-state index is 0.0985. The van der Waals surface area contributed by atoms with E-state index in [4.69, 9.17) is 39.5 Å². The number of esters is 1. The number of hydrogen-bond donors (Lipinski definition) is 1. The first kappa shape index (κ1) is 12.5. The molecular formula is C10H5Cl3O4. The number of hydrogen-bond acceptors (Lipinski definition) is 4. The van der Waals surface area contributed by atoms with Crippen molar-refractivity contribution < 1.29 is 19.4 Å². The number of rotatable bonds is 2. The summed E-state index contributed by atoms with van der Waals surface area (Å²) < 4.78 is 9.66. The van der Waals surface area contributed by atoms with Crippen LogP contribution < -0.4 is 4.74 Å². The third-order valence-corrected chi connectivity index (χ3v) is 2.91. The first-order valence-corrected chi connectivity index (χ1v) is 5.54. The van der Waals surface area contributed by atoms with E-state index in [0.29, 0.717) is 0 Å². The molecule has 0 aliphatic carbocycles. The zero-order valence-corrected chi connectivity index (χ0v) is 10.4. The van der Waals surface area contributed by atoms with Crippen LogP contribution in [0.4, 0.5) is 0 Å². The molecule has 2 rings (SSSR count). The van der Waals surface area contributed by atoms with Crippen molar-refractivity contribution in [1.82, 2.24) is 0 Å². The van der Waals surface area contributed by atoms with Crippen LogP contribution in [0.15, 0.2) is 29.0 Å². The lowest BCUT2D eigenvalue weighted by molar-refractivity contribution is -0.153. The lowest BCUT2D eigenvalue weighted by Crippen LogP contribution is -2.13. The molecule has 7 heteroatoms. The van der Waals surface area contributed by atoms with E-state index in [1.807, 2.05) is 0 Å². The van der Waals surface area contributed by atoms with Crippen LogP contribution in [-0.4, -0.2) is 17.4 Å². The number of aliphatic hydroxyl groups excluding tert-OH is 1. The number of halogens is 3. The van der Waals surface area contributed by atoms with Crippen molar-refractivity contribution in [2.24, 2.45) is 0 Å². The van der Waals surface area contributed by atoms with E-state index in [0.717, 1.165) is 0 Å². The summed E-state index contributed by atoms with van der Waals surface area (Å²) in [7, 11) is 0. The number of para-hydroxylation sites is 1. The third-order valence-electron chi connectivity index (χ3n) is 1.97. The molecule has 17 heavy (non-hydrogen) atoms. The second kappa shape index (κ2) is 4.74. The molecule has 0 saturated carbocycles. The molecule has 1 N–H and O–H groups in total. The van der Waals surface area contributed by atoms with Gasteiger partial charge < -0.3 is 14.6 Å². The lowest BCUT2D eigenvalue weighted by atomic mass is 10.3. The molecular weight excluding hydrogens is 290 g/mol. The van der Waals surface area contributed by atoms with Crippen molar-refractivity contribution >= 4 is 40.8 Å². The fourth-order valence-electron chi connectivity index (χ4n) is 1.20. The maximum atomic E-state index is 11.0. The highest BCUT2D eigenvalue weighted by Crippen LogP contribution is 2.36. The number of carbonyl (C=O) groups is 1. The van der Waals surface area contributed by atoms with Gasteiger partial charge >= 0.3 is 5.97 Å². The highest BCUT2D eigenvalue weighted by molar-refractivity contribution is 6.42. The molecule has 0 bridgehead atoms. The molecule has 0 unspecified atom stereocenters. The van der Waals surface area contributed by atoms with Gasteiger partial charge in [-0.3, -0.25) is 0 Å². The van der Waals surface area contributed by atoms with E-state index >= 15 is 0 Å². The second-order valence-corrected chi connectivity index (χ2v) is 4.28. The molecule has 4 nitrogen and oxygen atoms in total. The van der Waals surface area contributed by atoms with Gasteiger partial charge in [0.05, 0.1) is 10.0 Å². The molecule has 1 heterocycles. The van der Waals surface area contributed by atoms with Crippen LogP contribution in [0.3, 0.4) is 0 Å². The zero-order valence-electron chi connectivity index (χ0n) is 8.12. The summed E-state index contributed by atoms with van der Waals surface area (Å²) in [6.45, 7) is 0. The van der Waals surface area contributed by atoms with Crippen LogP contribution in [0.2, 0.25) is 10.0 Å². The van der Waals surface area contributed by atoms with Gasteiger partial charge in [0.15, 0.2) is 16.5 Å². The fourth-order valence-corrected chi connectivity index (χ4v) is 1.85. The monoisotopic (exact) mass is 294 g/mol. The molecule has 0 amide bonds. The van der Waals surface area contributed by atoms with Gasteiger partial charge in [-0.1, -0.05) is 40.9 Å². The standard InChI is InChI=1S/C10H5Cl3O4/c11-4-2-1-3-5(12)7(4)16-8-6(13)9(14)17-10(8)15/h1-3,10,15H/t10-/m1/s1. The van der Waals surface area contributed by atoms with Crippen molar-refractivity contribution in [2.45, 2.75) is 6.29 Å². The number of carbonyl (C=O) groups excluding carboxylic acids is 1. The smallest absolute Gasteiger partial charge is 0.356 e. The van der Waals surface area contributed by atoms with E-state index in [9.17, 15) is 9.90 Å². The van der Waals surface area contributed by atoms with Gasteiger partial charge in [-0.15, -0.1) is 0 Å². The van der Waals surface area contributed by atoms with Crippen LogP contribution in [0.1, 0.15) is 0 Å². The van der Waals surface area contributed by atoms with Gasteiger partial charge in [-0.05, 0) is 12.1 Å². The van der Waals surface area contributed by atoms with E-state index in [1.54, 1.807) is 18.2 Å². The molecule has 0 aromatic heterocycles. The van der Waals surface area contributed by atoms with Crippen LogP contribution in [0.5, 0.6) is 5.75 Å². The van der Waals surface area contributed by atoms with E-state index < -0.39 is 12.3 Å². The zero-order chi connectivity index (χ0) is 12.6. The Labute approximate surface area is 111 Å². The Bertz CT molecular complexity index is 492. The van der Waals surface area contributed by atoms with Gasteiger partial charge in [-0.2, -0.15) is 0 Å². The topological polar surface area (TPSA) is 55.8 Å². The Morgan fingerprint density at radius 2 is 1.82 bits per heavy atom. The highest BCUT2D eigenvalue weighted by atomic mass is 35.5. The van der Waals surface area contributed by atoms with Crippen molar-refractivity contribution in [1.29, 1.82) is 0 Å². The van der Waals surface area contributed by atoms with Crippen molar-refractivity contribution in [3.63, 3.8) is 0 Å². The van der Waals surface area contributed by atoms with Gasteiger partial charge in [0.1, 0.15) is 0 Å². The maximum absolute atomic E-state index is 11.0. The Morgan fingerprint density at radius 3 is 2.29 bits per heavy atom. The summed E-state index contributed by atoms with van der Waals surface area (Å²) in [6.07, 6.45) is -1.55. The van der Waals surface area contributed by atoms with Gasteiger partial charge in [0.2, 0.25) is 0 Å². The first-order chi connectivity index (χ1) is 8.00. The Balaban J connectivity index is 2.36. The van der Waals surface area contributed by atoms with Crippen molar-refractivity contribution in [3.05, 3.63) is 39.0 Å². The minimum Gasteiger partial charge on any atom is -0.450 e. The molecule has 90 valence electrons. The average molecular weight is 296 g/mol. The molecule has 1 aromatic carbocycles. The largest absolute Gasteiger partial charge is 0.450 e.